The summed E-state index contributed by atoms with van der Waals surface area (Å²) < 4.78 is 12.1. The van der Waals surface area contributed by atoms with E-state index in [0.29, 0.717) is 22.8 Å². The van der Waals surface area contributed by atoms with Gasteiger partial charge in [-0.2, -0.15) is 0 Å². The number of carbonyl (C=O) groups excluding carboxylic acids is 1. The molecule has 0 aromatic heterocycles. The van der Waals surface area contributed by atoms with E-state index in [9.17, 15) is 4.79 Å². The molecule has 0 saturated carbocycles. The van der Waals surface area contributed by atoms with Crippen molar-refractivity contribution >= 4 is 28.4 Å². The molecule has 4 heteroatoms. The molecule has 0 spiro atoms. The number of ketones is 1. The van der Waals surface area contributed by atoms with Crippen molar-refractivity contribution in [3.63, 3.8) is 0 Å². The Morgan fingerprint density at radius 3 is 2.26 bits per heavy atom. The molecule has 3 nitrogen and oxygen atoms in total. The third-order valence-corrected chi connectivity index (χ3v) is 3.32. The second-order valence-corrected chi connectivity index (χ2v) is 5.19. The van der Waals surface area contributed by atoms with Crippen LogP contribution in [0.15, 0.2) is 42.5 Å². The van der Waals surface area contributed by atoms with Crippen molar-refractivity contribution in [1.82, 2.24) is 0 Å². The number of Topliss-reactive ketones (excluding diaryl/α,β-unsaturated/α-hetero) is 1. The Hall–Kier alpha value is -1.56. The predicted octanol–water partition coefficient (Wildman–Crippen LogP) is 4.29. The lowest BCUT2D eigenvalue weighted by Gasteiger charge is -2.12. The van der Waals surface area contributed by atoms with E-state index >= 15 is 0 Å². The molecular weight excluding hydrogens is 355 g/mol. The summed E-state index contributed by atoms with van der Waals surface area (Å²) >= 11 is 2.23. The van der Waals surface area contributed by atoms with Gasteiger partial charge < -0.3 is 9.47 Å². The molecule has 19 heavy (non-hydrogen) atoms. The Morgan fingerprint density at radius 2 is 1.68 bits per heavy atom. The Kier molecular flexibility index (Phi) is 4.42. The molecule has 0 N–H and O–H groups in total. The van der Waals surface area contributed by atoms with Gasteiger partial charge in [0, 0.05) is 3.57 Å². The lowest BCUT2D eigenvalue weighted by atomic mass is 10.1. The van der Waals surface area contributed by atoms with Gasteiger partial charge in [-0.1, -0.05) is 6.07 Å². The molecule has 0 bridgehead atoms. The zero-order chi connectivity index (χ0) is 13.8. The molecule has 0 fully saturated rings. The largest absolute Gasteiger partial charge is 0.496 e. The molecule has 2 aromatic rings. The van der Waals surface area contributed by atoms with Crippen molar-refractivity contribution in [3.8, 4) is 17.2 Å². The number of hydrogen-bond acceptors (Lipinski definition) is 3. The van der Waals surface area contributed by atoms with Crippen LogP contribution in [0.2, 0.25) is 0 Å². The van der Waals surface area contributed by atoms with Gasteiger partial charge in [0.1, 0.15) is 22.8 Å². The Balaban J connectivity index is 2.39. The number of ether oxygens (including phenoxy) is 2. The molecule has 0 unspecified atom stereocenters. The topological polar surface area (TPSA) is 35.5 Å². The first-order valence-electron chi connectivity index (χ1n) is 5.73. The Labute approximate surface area is 125 Å². The maximum Gasteiger partial charge on any atom is 0.167 e. The van der Waals surface area contributed by atoms with E-state index in [-0.39, 0.29) is 5.78 Å². The molecule has 0 aliphatic heterocycles. The van der Waals surface area contributed by atoms with Crippen LogP contribution in [0.1, 0.15) is 17.3 Å². The molecule has 0 radical (unpaired) electrons. The van der Waals surface area contributed by atoms with Gasteiger partial charge in [-0.25, -0.2) is 0 Å². The zero-order valence-electron chi connectivity index (χ0n) is 10.6. The van der Waals surface area contributed by atoms with E-state index in [4.69, 9.17) is 9.47 Å². The molecule has 0 atom stereocenters. The summed E-state index contributed by atoms with van der Waals surface area (Å²) in [6.07, 6.45) is 0. The minimum Gasteiger partial charge on any atom is -0.496 e. The van der Waals surface area contributed by atoms with Gasteiger partial charge in [-0.15, -0.1) is 0 Å². The first kappa shape index (κ1) is 13.9. The van der Waals surface area contributed by atoms with Crippen LogP contribution in [0.3, 0.4) is 0 Å². The third-order valence-electron chi connectivity index (χ3n) is 2.60. The summed E-state index contributed by atoms with van der Waals surface area (Å²) in [5, 5.41) is 0. The second kappa shape index (κ2) is 6.06. The average Bonchev–Trinajstić information content (AvgIpc) is 2.40. The maximum absolute atomic E-state index is 11.7. The van der Waals surface area contributed by atoms with Crippen LogP contribution < -0.4 is 9.47 Å². The summed E-state index contributed by atoms with van der Waals surface area (Å²) in [7, 11) is 1.54. The summed E-state index contributed by atoms with van der Waals surface area (Å²) in [5.74, 6) is 1.64. The van der Waals surface area contributed by atoms with Crippen LogP contribution in [0.4, 0.5) is 0 Å². The van der Waals surface area contributed by atoms with Crippen LogP contribution in [0, 0.1) is 3.57 Å². The van der Waals surface area contributed by atoms with Crippen molar-refractivity contribution in [1.29, 1.82) is 0 Å². The molecule has 2 aromatic carbocycles. The predicted molar refractivity (Wildman–Crippen MR) is 82.2 cm³/mol. The summed E-state index contributed by atoms with van der Waals surface area (Å²) in [6, 6.07) is 12.9. The van der Waals surface area contributed by atoms with Crippen LogP contribution >= 0.6 is 22.6 Å². The second-order valence-electron chi connectivity index (χ2n) is 3.95. The Bertz CT molecular complexity index is 591. The highest BCUT2D eigenvalue weighted by Crippen LogP contribution is 2.32. The lowest BCUT2D eigenvalue weighted by Crippen LogP contribution is -2.00. The van der Waals surface area contributed by atoms with Crippen LogP contribution in [0.25, 0.3) is 0 Å². The smallest absolute Gasteiger partial charge is 0.167 e. The minimum atomic E-state index is -0.0852. The fraction of sp³-hybridized carbons (Fsp3) is 0.133. The first-order chi connectivity index (χ1) is 9.11. The molecule has 98 valence electrons. The molecule has 0 aliphatic carbocycles. The van der Waals surface area contributed by atoms with Gasteiger partial charge in [0.15, 0.2) is 5.78 Å². The lowest BCUT2D eigenvalue weighted by molar-refractivity contribution is 0.101. The number of halogens is 1. The maximum atomic E-state index is 11.7. The number of methoxy groups -OCH3 is 1. The van der Waals surface area contributed by atoms with E-state index in [2.05, 4.69) is 22.6 Å². The van der Waals surface area contributed by atoms with Crippen LogP contribution in [-0.4, -0.2) is 12.9 Å². The van der Waals surface area contributed by atoms with Gasteiger partial charge in [-0.05, 0) is 65.9 Å². The summed E-state index contributed by atoms with van der Waals surface area (Å²) in [6.45, 7) is 1.50. The standard InChI is InChI=1S/C15H13IO3/c1-10(17)15-13(18-2)4-3-5-14(15)19-12-8-6-11(16)7-9-12/h3-9H,1-2H3. The number of hydrogen-bond donors (Lipinski definition) is 0. The molecule has 0 amide bonds. The van der Waals surface area contributed by atoms with Crippen molar-refractivity contribution in [2.45, 2.75) is 6.92 Å². The third kappa shape index (κ3) is 3.26. The first-order valence-corrected chi connectivity index (χ1v) is 6.81. The number of rotatable bonds is 4. The SMILES string of the molecule is COc1cccc(Oc2ccc(I)cc2)c1C(C)=O. The van der Waals surface area contributed by atoms with Crippen LogP contribution in [0.5, 0.6) is 17.2 Å². The van der Waals surface area contributed by atoms with E-state index in [0.717, 1.165) is 3.57 Å². The van der Waals surface area contributed by atoms with Gasteiger partial charge >= 0.3 is 0 Å². The monoisotopic (exact) mass is 368 g/mol. The molecule has 0 aliphatic rings. The van der Waals surface area contributed by atoms with Gasteiger partial charge in [0.05, 0.1) is 7.11 Å². The Morgan fingerprint density at radius 1 is 1.05 bits per heavy atom. The fourth-order valence-electron chi connectivity index (χ4n) is 1.74. The van der Waals surface area contributed by atoms with Gasteiger partial charge in [0.2, 0.25) is 0 Å². The van der Waals surface area contributed by atoms with Gasteiger partial charge in [0.25, 0.3) is 0 Å². The molecule has 2 rings (SSSR count). The molecule has 0 saturated heterocycles. The summed E-state index contributed by atoms with van der Waals surface area (Å²) in [4.78, 5) is 11.7. The molecular formula is C15H13IO3. The zero-order valence-corrected chi connectivity index (χ0v) is 12.8. The number of benzene rings is 2. The fourth-order valence-corrected chi connectivity index (χ4v) is 2.10. The highest BCUT2D eigenvalue weighted by atomic mass is 127. The quantitative estimate of drug-likeness (QED) is 0.597. The van der Waals surface area contributed by atoms with Crippen LogP contribution in [-0.2, 0) is 0 Å². The van der Waals surface area contributed by atoms with Crippen molar-refractivity contribution in [2.75, 3.05) is 7.11 Å². The van der Waals surface area contributed by atoms with E-state index in [1.165, 1.54) is 14.0 Å². The summed E-state index contributed by atoms with van der Waals surface area (Å²) in [5.41, 5.74) is 0.462. The van der Waals surface area contributed by atoms with Crippen molar-refractivity contribution < 1.29 is 14.3 Å². The highest BCUT2D eigenvalue weighted by molar-refractivity contribution is 14.1. The number of carbonyl (C=O) groups is 1. The van der Waals surface area contributed by atoms with E-state index in [1.807, 2.05) is 24.3 Å². The van der Waals surface area contributed by atoms with Gasteiger partial charge in [-0.3, -0.25) is 4.79 Å². The molecule has 0 heterocycles. The average molecular weight is 368 g/mol. The highest BCUT2D eigenvalue weighted by Gasteiger charge is 2.15. The van der Waals surface area contributed by atoms with Crippen molar-refractivity contribution in [2.24, 2.45) is 0 Å². The minimum absolute atomic E-state index is 0.0852. The van der Waals surface area contributed by atoms with Crippen molar-refractivity contribution in [3.05, 3.63) is 51.6 Å². The normalized spacial score (nSPS) is 10.1. The van der Waals surface area contributed by atoms with E-state index < -0.39 is 0 Å². The van der Waals surface area contributed by atoms with E-state index in [1.54, 1.807) is 18.2 Å².